The molecule has 0 aliphatic carbocycles. The number of amides is 1. The van der Waals surface area contributed by atoms with Crippen LogP contribution in [0.2, 0.25) is 0 Å². The van der Waals surface area contributed by atoms with Crippen molar-refractivity contribution in [2.45, 2.75) is 78.2 Å². The smallest absolute Gasteiger partial charge is 0.410 e. The quantitative estimate of drug-likeness (QED) is 0.583. The highest BCUT2D eigenvalue weighted by molar-refractivity contribution is 5.75. The Labute approximate surface area is 181 Å². The maximum absolute atomic E-state index is 12.9. The van der Waals surface area contributed by atoms with Crippen molar-refractivity contribution in [2.75, 3.05) is 20.1 Å². The predicted octanol–water partition coefficient (Wildman–Crippen LogP) is 4.48. The summed E-state index contributed by atoms with van der Waals surface area (Å²) in [7, 11) is 1.95. The second kappa shape index (κ2) is 10.8. The van der Waals surface area contributed by atoms with Crippen LogP contribution in [0, 0.1) is 5.92 Å². The van der Waals surface area contributed by atoms with Gasteiger partial charge in [0.25, 0.3) is 0 Å². The van der Waals surface area contributed by atoms with Gasteiger partial charge in [0, 0.05) is 19.1 Å². The van der Waals surface area contributed by atoms with E-state index in [9.17, 15) is 9.59 Å². The largest absolute Gasteiger partial charge is 0.460 e. The third-order valence-electron chi connectivity index (χ3n) is 5.23. The van der Waals surface area contributed by atoms with Gasteiger partial charge in [-0.05, 0) is 58.6 Å². The molecule has 30 heavy (non-hydrogen) atoms. The first-order valence-electron chi connectivity index (χ1n) is 11.0. The Hall–Kier alpha value is -2.08. The van der Waals surface area contributed by atoms with Crippen molar-refractivity contribution >= 4 is 12.1 Å². The fourth-order valence-electron chi connectivity index (χ4n) is 3.77. The van der Waals surface area contributed by atoms with Gasteiger partial charge in [-0.1, -0.05) is 44.2 Å². The first-order chi connectivity index (χ1) is 14.1. The molecule has 6 heteroatoms. The van der Waals surface area contributed by atoms with Gasteiger partial charge in [-0.25, -0.2) is 4.79 Å². The Kier molecular flexibility index (Phi) is 8.71. The molecule has 1 amide bonds. The zero-order chi connectivity index (χ0) is 22.3. The lowest BCUT2D eigenvalue weighted by Gasteiger charge is -2.34. The van der Waals surface area contributed by atoms with Crippen LogP contribution in [0.3, 0.4) is 0 Å². The third-order valence-corrected chi connectivity index (χ3v) is 5.23. The van der Waals surface area contributed by atoms with Crippen LogP contribution in [0.15, 0.2) is 30.3 Å². The highest BCUT2D eigenvalue weighted by atomic mass is 16.6. The Balaban J connectivity index is 2.00. The van der Waals surface area contributed by atoms with Crippen LogP contribution in [0.4, 0.5) is 4.79 Å². The van der Waals surface area contributed by atoms with Gasteiger partial charge in [-0.2, -0.15) is 0 Å². The molecule has 168 valence electrons. The summed E-state index contributed by atoms with van der Waals surface area (Å²) in [5, 5.41) is 0. The van der Waals surface area contributed by atoms with Crippen LogP contribution in [0.25, 0.3) is 0 Å². The zero-order valence-electron chi connectivity index (χ0n) is 19.4. The van der Waals surface area contributed by atoms with Gasteiger partial charge >= 0.3 is 12.1 Å². The first kappa shape index (κ1) is 24.2. The molecule has 2 atom stereocenters. The number of carbonyl (C=O) groups excluding carboxylic acids is 2. The fraction of sp³-hybridized carbons (Fsp3) is 0.667. The number of benzene rings is 1. The number of likely N-dealkylation sites (tertiary alicyclic amines) is 1. The van der Waals surface area contributed by atoms with E-state index in [1.807, 2.05) is 68.0 Å². The molecule has 1 aliphatic heterocycles. The molecule has 1 heterocycles. The summed E-state index contributed by atoms with van der Waals surface area (Å²) in [5.41, 5.74) is 0.459. The first-order valence-corrected chi connectivity index (χ1v) is 11.0. The minimum Gasteiger partial charge on any atom is -0.460 e. The molecule has 1 fully saturated rings. The van der Waals surface area contributed by atoms with Crippen molar-refractivity contribution in [3.05, 3.63) is 35.9 Å². The van der Waals surface area contributed by atoms with E-state index in [0.717, 1.165) is 18.4 Å². The summed E-state index contributed by atoms with van der Waals surface area (Å²) in [6, 6.07) is 9.42. The lowest BCUT2D eigenvalue weighted by molar-refractivity contribution is -0.151. The molecule has 6 nitrogen and oxygen atoms in total. The van der Waals surface area contributed by atoms with Crippen molar-refractivity contribution in [3.8, 4) is 0 Å². The molecule has 1 unspecified atom stereocenters. The van der Waals surface area contributed by atoms with Crippen LogP contribution in [-0.4, -0.2) is 59.7 Å². The monoisotopic (exact) mass is 418 g/mol. The summed E-state index contributed by atoms with van der Waals surface area (Å²) < 4.78 is 11.2. The average molecular weight is 419 g/mol. The molecule has 1 aliphatic rings. The van der Waals surface area contributed by atoms with E-state index in [1.165, 1.54) is 0 Å². The van der Waals surface area contributed by atoms with Crippen LogP contribution in [0.5, 0.6) is 0 Å². The molecule has 1 aromatic carbocycles. The summed E-state index contributed by atoms with van der Waals surface area (Å²) in [6.07, 6.45) is 2.30. The van der Waals surface area contributed by atoms with E-state index in [4.69, 9.17) is 9.47 Å². The van der Waals surface area contributed by atoms with E-state index in [-0.39, 0.29) is 30.8 Å². The topological polar surface area (TPSA) is 59.1 Å². The van der Waals surface area contributed by atoms with E-state index < -0.39 is 5.60 Å². The summed E-state index contributed by atoms with van der Waals surface area (Å²) in [6.45, 7) is 11.4. The van der Waals surface area contributed by atoms with Crippen molar-refractivity contribution in [2.24, 2.45) is 5.92 Å². The van der Waals surface area contributed by atoms with Crippen LogP contribution in [-0.2, 0) is 20.9 Å². The summed E-state index contributed by atoms with van der Waals surface area (Å²) in [5.74, 6) is 0.143. The standard InChI is InChI=1S/C24H38N2O4/c1-18(2)15-21(22(27)29-17-19-11-8-7-9-12-19)25(6)16-20-13-10-14-26(20)23(28)30-24(3,4)5/h7-9,11-12,18,20-21H,10,13-17H2,1-6H3/t20-,21?/m0/s1. The van der Waals surface area contributed by atoms with E-state index >= 15 is 0 Å². The molecule has 0 aromatic heterocycles. The van der Waals surface area contributed by atoms with E-state index in [2.05, 4.69) is 13.8 Å². The number of hydrogen-bond donors (Lipinski definition) is 0. The molecular weight excluding hydrogens is 380 g/mol. The zero-order valence-corrected chi connectivity index (χ0v) is 19.4. The van der Waals surface area contributed by atoms with Crippen LogP contribution >= 0.6 is 0 Å². The van der Waals surface area contributed by atoms with Crippen molar-refractivity contribution < 1.29 is 19.1 Å². The molecule has 2 rings (SSSR count). The van der Waals surface area contributed by atoms with Gasteiger partial charge in [0.05, 0.1) is 0 Å². The minimum absolute atomic E-state index is 0.0430. The van der Waals surface area contributed by atoms with Crippen LogP contribution in [0.1, 0.15) is 59.4 Å². The normalized spacial score (nSPS) is 18.0. The maximum Gasteiger partial charge on any atom is 0.410 e. The Morgan fingerprint density at radius 2 is 1.87 bits per heavy atom. The SMILES string of the molecule is CC(C)CC(C(=O)OCc1ccccc1)N(C)C[C@@H]1CCCN1C(=O)OC(C)(C)C. The minimum atomic E-state index is -0.516. The maximum atomic E-state index is 12.9. The second-order valence-corrected chi connectivity index (χ2v) is 9.65. The summed E-state index contributed by atoms with van der Waals surface area (Å²) in [4.78, 5) is 29.3. The number of hydrogen-bond acceptors (Lipinski definition) is 5. The number of nitrogens with zero attached hydrogens (tertiary/aromatic N) is 2. The van der Waals surface area contributed by atoms with Crippen LogP contribution < -0.4 is 0 Å². The Morgan fingerprint density at radius 1 is 1.20 bits per heavy atom. The number of ether oxygens (including phenoxy) is 2. The molecule has 0 radical (unpaired) electrons. The van der Waals surface area contributed by atoms with Gasteiger partial charge < -0.3 is 14.4 Å². The number of rotatable bonds is 8. The summed E-state index contributed by atoms with van der Waals surface area (Å²) >= 11 is 0. The van der Waals surface area contributed by atoms with E-state index in [1.54, 1.807) is 0 Å². The van der Waals surface area contributed by atoms with Gasteiger partial charge in [0.15, 0.2) is 0 Å². The fourth-order valence-corrected chi connectivity index (χ4v) is 3.77. The van der Waals surface area contributed by atoms with Gasteiger partial charge in [-0.15, -0.1) is 0 Å². The van der Waals surface area contributed by atoms with Gasteiger partial charge in [-0.3, -0.25) is 9.69 Å². The molecule has 0 saturated carbocycles. The molecule has 1 saturated heterocycles. The second-order valence-electron chi connectivity index (χ2n) is 9.65. The molecule has 0 N–H and O–H groups in total. The van der Waals surface area contributed by atoms with E-state index in [0.29, 0.717) is 25.4 Å². The Morgan fingerprint density at radius 3 is 2.47 bits per heavy atom. The highest BCUT2D eigenvalue weighted by Gasteiger charge is 2.35. The number of esters is 1. The van der Waals surface area contributed by atoms with Gasteiger partial charge in [0.1, 0.15) is 18.2 Å². The average Bonchev–Trinajstić information content (AvgIpc) is 3.11. The van der Waals surface area contributed by atoms with Gasteiger partial charge in [0.2, 0.25) is 0 Å². The van der Waals surface area contributed by atoms with Crippen molar-refractivity contribution in [1.82, 2.24) is 9.80 Å². The molecule has 0 spiro atoms. The van der Waals surface area contributed by atoms with Crippen molar-refractivity contribution in [1.29, 1.82) is 0 Å². The number of carbonyl (C=O) groups is 2. The Bertz CT molecular complexity index is 684. The predicted molar refractivity (Wildman–Crippen MR) is 118 cm³/mol. The molecule has 0 bridgehead atoms. The molecule has 1 aromatic rings. The lowest BCUT2D eigenvalue weighted by atomic mass is 10.0. The third kappa shape index (κ3) is 7.63. The lowest BCUT2D eigenvalue weighted by Crippen LogP contribution is -2.49. The van der Waals surface area contributed by atoms with Crippen molar-refractivity contribution in [3.63, 3.8) is 0 Å². The highest BCUT2D eigenvalue weighted by Crippen LogP contribution is 2.23. The molecular formula is C24H38N2O4. The number of likely N-dealkylation sites (N-methyl/N-ethyl adjacent to an activating group) is 1.